The summed E-state index contributed by atoms with van der Waals surface area (Å²) in [7, 11) is 0. The van der Waals surface area contributed by atoms with Crippen molar-refractivity contribution in [1.29, 1.82) is 0 Å². The number of furan rings is 1. The first-order chi connectivity index (χ1) is 17.9. The molecule has 0 saturated heterocycles. The predicted molar refractivity (Wildman–Crippen MR) is 151 cm³/mol. The highest BCUT2D eigenvalue weighted by Crippen LogP contribution is 2.29. The van der Waals surface area contributed by atoms with Gasteiger partial charge in [0, 0.05) is 27.9 Å². The number of aryl methyl sites for hydroxylation is 2. The van der Waals surface area contributed by atoms with Gasteiger partial charge in [-0.1, -0.05) is 41.9 Å². The summed E-state index contributed by atoms with van der Waals surface area (Å²) < 4.78 is 11.7. The number of aromatic nitrogens is 1. The molecule has 5 rings (SSSR count). The van der Waals surface area contributed by atoms with Crippen LogP contribution in [0.2, 0.25) is 5.02 Å². The SMILES string of the molecule is Cc1ccc(-c2ccc(/C=C/C(=O)NC(=S)Nc3ccc4oc(-c5ccccc5C)nc4c3)o2)cc1Cl. The van der Waals surface area contributed by atoms with E-state index < -0.39 is 5.91 Å². The Kier molecular flexibility index (Phi) is 6.90. The van der Waals surface area contributed by atoms with Gasteiger partial charge in [-0.25, -0.2) is 4.98 Å². The number of benzene rings is 3. The van der Waals surface area contributed by atoms with Gasteiger partial charge < -0.3 is 14.2 Å². The molecule has 5 aromatic rings. The number of oxazole rings is 1. The van der Waals surface area contributed by atoms with E-state index in [1.807, 2.05) is 80.6 Å². The molecule has 0 aliphatic rings. The Morgan fingerprint density at radius 3 is 2.62 bits per heavy atom. The molecule has 0 atom stereocenters. The van der Waals surface area contributed by atoms with Gasteiger partial charge in [-0.2, -0.15) is 0 Å². The first-order valence-corrected chi connectivity index (χ1v) is 12.3. The fraction of sp³-hybridized carbons (Fsp3) is 0.0690. The molecule has 3 aromatic carbocycles. The quantitative estimate of drug-likeness (QED) is 0.181. The number of carbonyl (C=O) groups is 1. The molecular formula is C29H22ClN3O3S. The van der Waals surface area contributed by atoms with Gasteiger partial charge in [-0.3, -0.25) is 10.1 Å². The lowest BCUT2D eigenvalue weighted by atomic mass is 10.1. The number of halogens is 1. The highest BCUT2D eigenvalue weighted by atomic mass is 35.5. The van der Waals surface area contributed by atoms with Crippen LogP contribution in [0.4, 0.5) is 5.69 Å². The molecular weight excluding hydrogens is 506 g/mol. The Hall–Kier alpha value is -4.20. The summed E-state index contributed by atoms with van der Waals surface area (Å²) in [5.41, 5.74) is 5.89. The Morgan fingerprint density at radius 1 is 0.973 bits per heavy atom. The second-order valence-corrected chi connectivity index (χ2v) is 9.27. The van der Waals surface area contributed by atoms with Crippen molar-refractivity contribution in [2.24, 2.45) is 0 Å². The number of nitrogens with zero attached hydrogens (tertiary/aromatic N) is 1. The average Bonchev–Trinajstić information content (AvgIpc) is 3.51. The minimum atomic E-state index is -0.391. The van der Waals surface area contributed by atoms with Crippen molar-refractivity contribution in [1.82, 2.24) is 10.3 Å². The third kappa shape index (κ3) is 5.63. The topological polar surface area (TPSA) is 80.3 Å². The third-order valence-corrected chi connectivity index (χ3v) is 6.35. The summed E-state index contributed by atoms with van der Waals surface area (Å²) in [5, 5.41) is 6.46. The molecule has 0 aliphatic carbocycles. The van der Waals surface area contributed by atoms with Crippen LogP contribution < -0.4 is 10.6 Å². The van der Waals surface area contributed by atoms with Crippen molar-refractivity contribution in [3.05, 3.63) is 101 Å². The highest BCUT2D eigenvalue weighted by molar-refractivity contribution is 7.80. The van der Waals surface area contributed by atoms with E-state index in [0.29, 0.717) is 39.2 Å². The fourth-order valence-electron chi connectivity index (χ4n) is 3.75. The number of amides is 1. The van der Waals surface area contributed by atoms with Crippen LogP contribution >= 0.6 is 23.8 Å². The summed E-state index contributed by atoms with van der Waals surface area (Å²) in [6.07, 6.45) is 2.93. The zero-order chi connectivity index (χ0) is 25.9. The second kappa shape index (κ2) is 10.4. The van der Waals surface area contributed by atoms with Gasteiger partial charge in [-0.15, -0.1) is 0 Å². The molecule has 8 heteroatoms. The number of anilines is 1. The standard InChI is InChI=1S/C29H22ClN3O3S/c1-17-5-3-4-6-22(17)28-32-24-16-20(9-12-26(24)36-28)31-29(37)33-27(34)14-11-21-10-13-25(35-21)19-8-7-18(2)23(30)15-19/h3-16H,1-2H3,(H2,31,33,34,37)/b14-11+. The molecule has 2 heterocycles. The zero-order valence-corrected chi connectivity index (χ0v) is 21.6. The molecule has 0 aliphatic heterocycles. The van der Waals surface area contributed by atoms with Crippen LogP contribution in [-0.2, 0) is 4.79 Å². The monoisotopic (exact) mass is 527 g/mol. The molecule has 0 spiro atoms. The smallest absolute Gasteiger partial charge is 0.250 e. The Bertz CT molecular complexity index is 1670. The van der Waals surface area contributed by atoms with E-state index in [1.165, 1.54) is 6.08 Å². The molecule has 184 valence electrons. The molecule has 0 radical (unpaired) electrons. The average molecular weight is 528 g/mol. The predicted octanol–water partition coefficient (Wildman–Crippen LogP) is 7.55. The molecule has 6 nitrogen and oxygen atoms in total. The molecule has 0 unspecified atom stereocenters. The first kappa shape index (κ1) is 24.5. The summed E-state index contributed by atoms with van der Waals surface area (Å²) >= 11 is 11.5. The van der Waals surface area contributed by atoms with E-state index in [0.717, 1.165) is 22.3 Å². The molecule has 0 saturated carbocycles. The van der Waals surface area contributed by atoms with Crippen LogP contribution in [0.15, 0.2) is 87.7 Å². The van der Waals surface area contributed by atoms with Crippen molar-refractivity contribution in [2.45, 2.75) is 13.8 Å². The van der Waals surface area contributed by atoms with Crippen molar-refractivity contribution < 1.29 is 13.6 Å². The van der Waals surface area contributed by atoms with Crippen molar-refractivity contribution >= 4 is 57.7 Å². The van der Waals surface area contributed by atoms with Gasteiger partial charge in [0.05, 0.1) is 0 Å². The number of nitrogens with one attached hydrogen (secondary N) is 2. The van der Waals surface area contributed by atoms with Crippen LogP contribution in [0.5, 0.6) is 0 Å². The Balaban J connectivity index is 1.21. The number of carbonyl (C=O) groups excluding carboxylic acids is 1. The van der Waals surface area contributed by atoms with Crippen LogP contribution in [0.1, 0.15) is 16.9 Å². The maximum absolute atomic E-state index is 12.4. The first-order valence-electron chi connectivity index (χ1n) is 11.5. The summed E-state index contributed by atoms with van der Waals surface area (Å²) in [5.74, 6) is 1.35. The lowest BCUT2D eigenvalue weighted by Crippen LogP contribution is -2.32. The van der Waals surface area contributed by atoms with E-state index in [1.54, 1.807) is 12.1 Å². The number of hydrogen-bond donors (Lipinski definition) is 2. The van der Waals surface area contributed by atoms with E-state index in [-0.39, 0.29) is 5.11 Å². The minimum absolute atomic E-state index is 0.158. The zero-order valence-electron chi connectivity index (χ0n) is 20.0. The molecule has 0 fully saturated rings. The maximum Gasteiger partial charge on any atom is 0.250 e. The molecule has 2 aromatic heterocycles. The van der Waals surface area contributed by atoms with Gasteiger partial charge in [0.2, 0.25) is 11.8 Å². The minimum Gasteiger partial charge on any atom is -0.457 e. The molecule has 37 heavy (non-hydrogen) atoms. The van der Waals surface area contributed by atoms with Crippen LogP contribution in [0, 0.1) is 13.8 Å². The van der Waals surface area contributed by atoms with Gasteiger partial charge >= 0.3 is 0 Å². The summed E-state index contributed by atoms with van der Waals surface area (Å²) in [4.78, 5) is 17.0. The fourth-order valence-corrected chi connectivity index (χ4v) is 4.15. The van der Waals surface area contributed by atoms with E-state index >= 15 is 0 Å². The van der Waals surface area contributed by atoms with Gasteiger partial charge in [0.25, 0.3) is 0 Å². The van der Waals surface area contributed by atoms with Crippen molar-refractivity contribution in [2.75, 3.05) is 5.32 Å². The second-order valence-electron chi connectivity index (χ2n) is 8.46. The number of rotatable bonds is 5. The molecule has 2 N–H and O–H groups in total. The van der Waals surface area contributed by atoms with Crippen LogP contribution in [0.3, 0.4) is 0 Å². The summed E-state index contributed by atoms with van der Waals surface area (Å²) in [6, 6.07) is 22.7. The van der Waals surface area contributed by atoms with Gasteiger partial charge in [-0.05, 0) is 85.7 Å². The maximum atomic E-state index is 12.4. The largest absolute Gasteiger partial charge is 0.457 e. The Labute approximate surface area is 224 Å². The summed E-state index contributed by atoms with van der Waals surface area (Å²) in [6.45, 7) is 3.95. The number of hydrogen-bond acceptors (Lipinski definition) is 5. The van der Waals surface area contributed by atoms with Gasteiger partial charge in [0.1, 0.15) is 17.0 Å². The van der Waals surface area contributed by atoms with E-state index in [9.17, 15) is 4.79 Å². The van der Waals surface area contributed by atoms with Crippen molar-refractivity contribution in [3.63, 3.8) is 0 Å². The van der Waals surface area contributed by atoms with Crippen LogP contribution in [0.25, 0.3) is 40.0 Å². The third-order valence-electron chi connectivity index (χ3n) is 5.74. The molecule has 0 bridgehead atoms. The number of thiocarbonyl (C=S) groups is 1. The lowest BCUT2D eigenvalue weighted by Gasteiger charge is -2.07. The Morgan fingerprint density at radius 2 is 1.81 bits per heavy atom. The number of fused-ring (bicyclic) bond motifs is 1. The van der Waals surface area contributed by atoms with Gasteiger partial charge in [0.15, 0.2) is 10.7 Å². The normalized spacial score (nSPS) is 11.2. The van der Waals surface area contributed by atoms with E-state index in [4.69, 9.17) is 32.7 Å². The highest BCUT2D eigenvalue weighted by Gasteiger charge is 2.11. The molecule has 1 amide bonds. The van der Waals surface area contributed by atoms with E-state index in [2.05, 4.69) is 15.6 Å². The lowest BCUT2D eigenvalue weighted by molar-refractivity contribution is -0.115. The van der Waals surface area contributed by atoms with Crippen molar-refractivity contribution in [3.8, 4) is 22.8 Å². The van der Waals surface area contributed by atoms with Crippen LogP contribution in [-0.4, -0.2) is 16.0 Å².